The van der Waals surface area contributed by atoms with Crippen molar-refractivity contribution in [3.8, 4) is 11.3 Å². The van der Waals surface area contributed by atoms with Crippen molar-refractivity contribution in [1.29, 1.82) is 0 Å². The van der Waals surface area contributed by atoms with Gasteiger partial charge in [0, 0.05) is 31.7 Å². The number of nitrogens with zero attached hydrogens (tertiary/aromatic N) is 4. The molecule has 1 fully saturated rings. The fraction of sp³-hybridized carbons (Fsp3) is 0.350. The summed E-state index contributed by atoms with van der Waals surface area (Å²) in [5.74, 6) is 0.0394. The van der Waals surface area contributed by atoms with Gasteiger partial charge in [0.05, 0.1) is 22.3 Å². The zero-order valence-corrected chi connectivity index (χ0v) is 15.1. The number of benzene rings is 1. The highest BCUT2D eigenvalue weighted by molar-refractivity contribution is 6.07. The van der Waals surface area contributed by atoms with Crippen LogP contribution in [0.15, 0.2) is 36.4 Å². The second kappa shape index (κ2) is 6.53. The number of hydrogen-bond acceptors (Lipinski definition) is 4. The first-order valence-electron chi connectivity index (χ1n) is 8.99. The van der Waals surface area contributed by atoms with Gasteiger partial charge in [-0.3, -0.25) is 9.48 Å². The molecule has 1 aromatic carbocycles. The van der Waals surface area contributed by atoms with Crippen molar-refractivity contribution in [3.05, 3.63) is 47.7 Å². The average Bonchev–Trinajstić information content (AvgIpc) is 2.96. The molecule has 2 aromatic heterocycles. The summed E-state index contributed by atoms with van der Waals surface area (Å²) in [4.78, 5) is 20.0. The Morgan fingerprint density at radius 1 is 1.19 bits per heavy atom. The first kappa shape index (κ1) is 16.7. The van der Waals surface area contributed by atoms with E-state index in [0.29, 0.717) is 18.7 Å². The number of rotatable bonds is 2. The molecule has 1 amide bonds. The molecule has 0 bridgehead atoms. The van der Waals surface area contributed by atoms with Crippen molar-refractivity contribution < 1.29 is 4.79 Å². The molecule has 1 saturated heterocycles. The monoisotopic (exact) mass is 349 g/mol. The molecule has 0 atom stereocenters. The number of piperidine rings is 1. The molecular formula is C20H23N5O. The van der Waals surface area contributed by atoms with E-state index in [9.17, 15) is 4.79 Å². The van der Waals surface area contributed by atoms with Gasteiger partial charge in [-0.25, -0.2) is 4.98 Å². The zero-order valence-electron chi connectivity index (χ0n) is 15.1. The maximum Gasteiger partial charge on any atom is 0.254 e. The first-order valence-corrected chi connectivity index (χ1v) is 8.99. The number of fused-ring (bicyclic) bond motifs is 1. The van der Waals surface area contributed by atoms with Crippen LogP contribution in [0.3, 0.4) is 0 Å². The Balaban J connectivity index is 1.85. The second-order valence-electron chi connectivity index (χ2n) is 6.96. The standard InChI is InChI=1S/C20H23N5O/c1-13-18-16(20(26)25-10-8-15(21)9-11-25)12-17(14-6-4-3-5-7-14)22-19(18)24(2)23-13/h3-7,12,15H,8-11,21H2,1-2H3. The van der Waals surface area contributed by atoms with E-state index in [0.717, 1.165) is 40.8 Å². The quantitative estimate of drug-likeness (QED) is 0.771. The lowest BCUT2D eigenvalue weighted by Gasteiger charge is -2.30. The van der Waals surface area contributed by atoms with Crippen molar-refractivity contribution >= 4 is 16.9 Å². The van der Waals surface area contributed by atoms with Gasteiger partial charge < -0.3 is 10.6 Å². The number of carbonyl (C=O) groups excluding carboxylic acids is 1. The van der Waals surface area contributed by atoms with Crippen molar-refractivity contribution in [3.63, 3.8) is 0 Å². The first-order chi connectivity index (χ1) is 12.5. The molecule has 26 heavy (non-hydrogen) atoms. The summed E-state index contributed by atoms with van der Waals surface area (Å²) >= 11 is 0. The Hall–Kier alpha value is -2.73. The lowest BCUT2D eigenvalue weighted by molar-refractivity contribution is 0.0716. The van der Waals surface area contributed by atoms with Gasteiger partial charge in [-0.1, -0.05) is 30.3 Å². The molecule has 0 saturated carbocycles. The predicted octanol–water partition coefficient (Wildman–Crippen LogP) is 2.51. The van der Waals surface area contributed by atoms with Gasteiger partial charge in [-0.15, -0.1) is 0 Å². The molecule has 1 aliphatic heterocycles. The number of nitrogens with two attached hydrogens (primary N) is 1. The number of carbonyl (C=O) groups is 1. The Labute approximate surface area is 152 Å². The molecule has 3 aromatic rings. The molecule has 134 valence electrons. The molecule has 0 unspecified atom stereocenters. The van der Waals surface area contributed by atoms with E-state index >= 15 is 0 Å². The highest BCUT2D eigenvalue weighted by Crippen LogP contribution is 2.28. The normalized spacial score (nSPS) is 15.6. The van der Waals surface area contributed by atoms with Gasteiger partial charge in [0.2, 0.25) is 0 Å². The molecule has 0 aliphatic carbocycles. The molecule has 0 radical (unpaired) electrons. The van der Waals surface area contributed by atoms with Crippen molar-refractivity contribution in [1.82, 2.24) is 19.7 Å². The fourth-order valence-corrected chi connectivity index (χ4v) is 3.64. The van der Waals surface area contributed by atoms with Crippen LogP contribution in [0.4, 0.5) is 0 Å². The van der Waals surface area contributed by atoms with E-state index < -0.39 is 0 Å². The van der Waals surface area contributed by atoms with Crippen LogP contribution in [0.25, 0.3) is 22.3 Å². The number of aryl methyl sites for hydroxylation is 2. The minimum absolute atomic E-state index is 0.0394. The summed E-state index contributed by atoms with van der Waals surface area (Å²) in [6.45, 7) is 3.32. The van der Waals surface area contributed by atoms with E-state index in [2.05, 4.69) is 5.10 Å². The zero-order chi connectivity index (χ0) is 18.3. The molecule has 3 heterocycles. The summed E-state index contributed by atoms with van der Waals surface area (Å²) in [5.41, 5.74) is 10.0. The molecular weight excluding hydrogens is 326 g/mol. The number of hydrogen-bond donors (Lipinski definition) is 1. The smallest absolute Gasteiger partial charge is 0.254 e. The Kier molecular flexibility index (Phi) is 4.20. The summed E-state index contributed by atoms with van der Waals surface area (Å²) < 4.78 is 1.75. The third kappa shape index (κ3) is 2.86. The van der Waals surface area contributed by atoms with E-state index in [1.54, 1.807) is 4.68 Å². The number of aromatic nitrogens is 3. The van der Waals surface area contributed by atoms with Gasteiger partial charge in [0.15, 0.2) is 5.65 Å². The summed E-state index contributed by atoms with van der Waals surface area (Å²) in [5, 5.41) is 5.33. The van der Waals surface area contributed by atoms with Crippen LogP contribution in [-0.2, 0) is 7.05 Å². The van der Waals surface area contributed by atoms with Crippen molar-refractivity contribution in [2.45, 2.75) is 25.8 Å². The van der Waals surface area contributed by atoms with Crippen molar-refractivity contribution in [2.24, 2.45) is 12.8 Å². The van der Waals surface area contributed by atoms with E-state index in [-0.39, 0.29) is 11.9 Å². The maximum atomic E-state index is 13.3. The fourth-order valence-electron chi connectivity index (χ4n) is 3.64. The van der Waals surface area contributed by atoms with Gasteiger partial charge in [0.25, 0.3) is 5.91 Å². The lowest BCUT2D eigenvalue weighted by Crippen LogP contribution is -2.42. The van der Waals surface area contributed by atoms with Gasteiger partial charge in [-0.05, 0) is 25.8 Å². The van der Waals surface area contributed by atoms with Crippen molar-refractivity contribution in [2.75, 3.05) is 13.1 Å². The Bertz CT molecular complexity index is 955. The number of pyridine rings is 1. The van der Waals surface area contributed by atoms with Crippen LogP contribution < -0.4 is 5.73 Å². The van der Waals surface area contributed by atoms with E-state index in [4.69, 9.17) is 10.7 Å². The number of amides is 1. The van der Waals surface area contributed by atoms with Crippen LogP contribution in [0.2, 0.25) is 0 Å². The average molecular weight is 349 g/mol. The topological polar surface area (TPSA) is 77.0 Å². The highest BCUT2D eigenvalue weighted by Gasteiger charge is 2.26. The van der Waals surface area contributed by atoms with Crippen LogP contribution in [-0.4, -0.2) is 44.7 Å². The highest BCUT2D eigenvalue weighted by atomic mass is 16.2. The Morgan fingerprint density at radius 3 is 2.58 bits per heavy atom. The SMILES string of the molecule is Cc1nn(C)c2nc(-c3ccccc3)cc(C(=O)N3CCC(N)CC3)c12. The molecule has 6 heteroatoms. The summed E-state index contributed by atoms with van der Waals surface area (Å²) in [7, 11) is 1.87. The van der Waals surface area contributed by atoms with Gasteiger partial charge >= 0.3 is 0 Å². The summed E-state index contributed by atoms with van der Waals surface area (Å²) in [6, 6.07) is 12.0. The van der Waals surface area contributed by atoms with Gasteiger partial charge in [-0.2, -0.15) is 5.10 Å². The third-order valence-electron chi connectivity index (χ3n) is 5.10. The predicted molar refractivity (Wildman–Crippen MR) is 102 cm³/mol. The largest absolute Gasteiger partial charge is 0.339 e. The van der Waals surface area contributed by atoms with Crippen LogP contribution in [0.1, 0.15) is 28.9 Å². The molecule has 0 spiro atoms. The third-order valence-corrected chi connectivity index (χ3v) is 5.10. The van der Waals surface area contributed by atoms with Crippen LogP contribution >= 0.6 is 0 Å². The van der Waals surface area contributed by atoms with E-state index in [1.165, 1.54) is 0 Å². The summed E-state index contributed by atoms with van der Waals surface area (Å²) in [6.07, 6.45) is 1.69. The lowest BCUT2D eigenvalue weighted by atomic mass is 10.0. The van der Waals surface area contributed by atoms with Crippen LogP contribution in [0, 0.1) is 6.92 Å². The maximum absolute atomic E-state index is 13.3. The molecule has 2 N–H and O–H groups in total. The number of likely N-dealkylation sites (tertiary alicyclic amines) is 1. The van der Waals surface area contributed by atoms with Crippen LogP contribution in [0.5, 0.6) is 0 Å². The second-order valence-corrected chi connectivity index (χ2v) is 6.96. The van der Waals surface area contributed by atoms with E-state index in [1.807, 2.05) is 55.3 Å². The molecule has 6 nitrogen and oxygen atoms in total. The molecule has 4 rings (SSSR count). The van der Waals surface area contributed by atoms with Gasteiger partial charge in [0.1, 0.15) is 0 Å². The molecule has 1 aliphatic rings. The Morgan fingerprint density at radius 2 is 1.88 bits per heavy atom. The minimum Gasteiger partial charge on any atom is -0.339 e. The minimum atomic E-state index is 0.0394.